The normalized spacial score (nSPS) is 18.7. The number of halogens is 1. The minimum Gasteiger partial charge on any atom is -0.493 e. The molecule has 0 radical (unpaired) electrons. The minimum absolute atomic E-state index is 0.00134. The molecule has 1 aliphatic heterocycles. The highest BCUT2D eigenvalue weighted by molar-refractivity contribution is 6.30. The van der Waals surface area contributed by atoms with Crippen LogP contribution >= 0.6 is 11.6 Å². The first-order chi connectivity index (χ1) is 10.1. The van der Waals surface area contributed by atoms with E-state index in [1.54, 1.807) is 0 Å². The summed E-state index contributed by atoms with van der Waals surface area (Å²) in [6, 6.07) is 14.3. The molecule has 2 nitrogen and oxygen atoms in total. The molecule has 110 valence electrons. The van der Waals surface area contributed by atoms with E-state index < -0.39 is 0 Å². The van der Waals surface area contributed by atoms with Gasteiger partial charge in [-0.2, -0.15) is 0 Å². The first-order valence-electron chi connectivity index (χ1n) is 7.38. The smallest absolute Gasteiger partial charge is 0.122 e. The van der Waals surface area contributed by atoms with Crippen molar-refractivity contribution in [1.82, 2.24) is 0 Å². The Hall–Kier alpha value is -1.51. The molecule has 21 heavy (non-hydrogen) atoms. The fraction of sp³-hybridized carbons (Fsp3) is 0.333. The SMILES string of the molecule is Cc1cc(Cl)cc(C(N)CC2CCOc3ccccc32)c1. The van der Waals surface area contributed by atoms with Crippen LogP contribution in [0.15, 0.2) is 42.5 Å². The van der Waals surface area contributed by atoms with E-state index >= 15 is 0 Å². The van der Waals surface area contributed by atoms with Crippen LogP contribution in [0.4, 0.5) is 0 Å². The Balaban J connectivity index is 1.81. The number of hydrogen-bond acceptors (Lipinski definition) is 2. The van der Waals surface area contributed by atoms with Crippen molar-refractivity contribution in [3.63, 3.8) is 0 Å². The number of fused-ring (bicyclic) bond motifs is 1. The van der Waals surface area contributed by atoms with Crippen molar-refractivity contribution in [3.05, 3.63) is 64.2 Å². The van der Waals surface area contributed by atoms with Crippen molar-refractivity contribution in [2.45, 2.75) is 31.7 Å². The van der Waals surface area contributed by atoms with Gasteiger partial charge in [0.2, 0.25) is 0 Å². The Morgan fingerprint density at radius 2 is 2.10 bits per heavy atom. The molecule has 0 aromatic heterocycles. The molecule has 1 aliphatic rings. The van der Waals surface area contributed by atoms with E-state index in [-0.39, 0.29) is 6.04 Å². The van der Waals surface area contributed by atoms with Crippen molar-refractivity contribution in [2.75, 3.05) is 6.61 Å². The second-order valence-corrected chi connectivity index (χ2v) is 6.21. The molecule has 0 saturated carbocycles. The van der Waals surface area contributed by atoms with Crippen LogP contribution in [0, 0.1) is 6.92 Å². The standard InChI is InChI=1S/C18H20ClNO/c1-12-8-14(10-15(19)9-12)17(20)11-13-6-7-21-18-5-3-2-4-16(13)18/h2-5,8-10,13,17H,6-7,11,20H2,1H3. The Labute approximate surface area is 130 Å². The van der Waals surface area contributed by atoms with E-state index in [2.05, 4.69) is 18.2 Å². The van der Waals surface area contributed by atoms with Crippen molar-refractivity contribution >= 4 is 11.6 Å². The van der Waals surface area contributed by atoms with Crippen molar-refractivity contribution < 1.29 is 4.74 Å². The highest BCUT2D eigenvalue weighted by Crippen LogP contribution is 2.38. The van der Waals surface area contributed by atoms with Gasteiger partial charge in [0.1, 0.15) is 5.75 Å². The lowest BCUT2D eigenvalue weighted by Crippen LogP contribution is -2.20. The summed E-state index contributed by atoms with van der Waals surface area (Å²) in [5.74, 6) is 1.45. The molecule has 0 spiro atoms. The summed E-state index contributed by atoms with van der Waals surface area (Å²) in [6.07, 6.45) is 1.93. The summed E-state index contributed by atoms with van der Waals surface area (Å²) in [7, 11) is 0. The van der Waals surface area contributed by atoms with E-state index in [1.807, 2.05) is 31.2 Å². The Morgan fingerprint density at radius 1 is 1.29 bits per heavy atom. The van der Waals surface area contributed by atoms with E-state index in [9.17, 15) is 0 Å². The van der Waals surface area contributed by atoms with E-state index in [0.29, 0.717) is 5.92 Å². The van der Waals surface area contributed by atoms with E-state index in [4.69, 9.17) is 22.1 Å². The number of para-hydroxylation sites is 1. The van der Waals surface area contributed by atoms with E-state index in [0.717, 1.165) is 41.3 Å². The van der Waals surface area contributed by atoms with Crippen LogP contribution < -0.4 is 10.5 Å². The van der Waals surface area contributed by atoms with Gasteiger partial charge in [-0.15, -0.1) is 0 Å². The third-order valence-corrected chi connectivity index (χ3v) is 4.33. The van der Waals surface area contributed by atoms with Gasteiger partial charge in [-0.25, -0.2) is 0 Å². The van der Waals surface area contributed by atoms with Crippen LogP contribution in [0.2, 0.25) is 5.02 Å². The number of hydrogen-bond donors (Lipinski definition) is 1. The number of ether oxygens (including phenoxy) is 1. The second kappa shape index (κ2) is 6.08. The molecule has 2 aromatic rings. The van der Waals surface area contributed by atoms with Crippen LogP contribution in [-0.4, -0.2) is 6.61 Å². The predicted molar refractivity (Wildman–Crippen MR) is 87.0 cm³/mol. The fourth-order valence-corrected chi connectivity index (χ4v) is 3.38. The Kier molecular flexibility index (Phi) is 4.18. The van der Waals surface area contributed by atoms with Crippen LogP contribution in [0.25, 0.3) is 0 Å². The molecule has 2 atom stereocenters. The van der Waals surface area contributed by atoms with Crippen molar-refractivity contribution in [3.8, 4) is 5.75 Å². The third kappa shape index (κ3) is 3.22. The van der Waals surface area contributed by atoms with Gasteiger partial charge in [0.05, 0.1) is 6.61 Å². The number of aryl methyl sites for hydroxylation is 1. The zero-order valence-corrected chi connectivity index (χ0v) is 12.9. The summed E-state index contributed by atoms with van der Waals surface area (Å²) in [5, 5.41) is 0.757. The Bertz CT molecular complexity index is 621. The lowest BCUT2D eigenvalue weighted by Gasteiger charge is -2.28. The van der Waals surface area contributed by atoms with Gasteiger partial charge in [-0.1, -0.05) is 35.9 Å². The first kappa shape index (κ1) is 14.4. The lowest BCUT2D eigenvalue weighted by molar-refractivity contribution is 0.259. The first-order valence-corrected chi connectivity index (χ1v) is 7.75. The largest absolute Gasteiger partial charge is 0.493 e. The average molecular weight is 302 g/mol. The van der Waals surface area contributed by atoms with Gasteiger partial charge in [-0.05, 0) is 60.6 Å². The van der Waals surface area contributed by atoms with Crippen molar-refractivity contribution in [1.29, 1.82) is 0 Å². The topological polar surface area (TPSA) is 35.2 Å². The minimum atomic E-state index is -0.00134. The summed E-state index contributed by atoms with van der Waals surface area (Å²) in [5.41, 5.74) is 9.97. The highest BCUT2D eigenvalue weighted by Gasteiger charge is 2.23. The average Bonchev–Trinajstić information content (AvgIpc) is 2.46. The maximum Gasteiger partial charge on any atom is 0.122 e. The molecule has 3 heteroatoms. The van der Waals surface area contributed by atoms with Gasteiger partial charge in [0.25, 0.3) is 0 Å². The summed E-state index contributed by atoms with van der Waals surface area (Å²) >= 11 is 6.14. The molecule has 0 saturated heterocycles. The molecule has 0 aliphatic carbocycles. The zero-order chi connectivity index (χ0) is 14.8. The number of rotatable bonds is 3. The quantitative estimate of drug-likeness (QED) is 0.899. The van der Waals surface area contributed by atoms with Crippen LogP contribution in [0.1, 0.15) is 41.5 Å². The molecule has 0 bridgehead atoms. The predicted octanol–water partition coefficient (Wildman–Crippen LogP) is 4.60. The molecular weight excluding hydrogens is 282 g/mol. The molecule has 3 rings (SSSR count). The summed E-state index contributed by atoms with van der Waals surface area (Å²) in [6.45, 7) is 2.81. The summed E-state index contributed by atoms with van der Waals surface area (Å²) < 4.78 is 5.72. The Morgan fingerprint density at radius 3 is 2.90 bits per heavy atom. The lowest BCUT2D eigenvalue weighted by atomic mass is 9.85. The molecule has 2 aromatic carbocycles. The van der Waals surface area contributed by atoms with Crippen molar-refractivity contribution in [2.24, 2.45) is 5.73 Å². The fourth-order valence-electron chi connectivity index (χ4n) is 3.08. The maximum absolute atomic E-state index is 6.42. The third-order valence-electron chi connectivity index (χ3n) is 4.11. The maximum atomic E-state index is 6.42. The molecule has 2 unspecified atom stereocenters. The van der Waals surface area contributed by atoms with Gasteiger partial charge < -0.3 is 10.5 Å². The van der Waals surface area contributed by atoms with E-state index in [1.165, 1.54) is 5.56 Å². The second-order valence-electron chi connectivity index (χ2n) is 5.78. The summed E-state index contributed by atoms with van der Waals surface area (Å²) in [4.78, 5) is 0. The zero-order valence-electron chi connectivity index (χ0n) is 12.2. The highest BCUT2D eigenvalue weighted by atomic mass is 35.5. The number of benzene rings is 2. The van der Waals surface area contributed by atoms with Gasteiger partial charge in [0.15, 0.2) is 0 Å². The van der Waals surface area contributed by atoms with Gasteiger partial charge >= 0.3 is 0 Å². The molecule has 2 N–H and O–H groups in total. The van der Waals surface area contributed by atoms with Crippen LogP contribution in [-0.2, 0) is 0 Å². The monoisotopic (exact) mass is 301 g/mol. The van der Waals surface area contributed by atoms with Crippen LogP contribution in [0.5, 0.6) is 5.75 Å². The molecule has 0 fully saturated rings. The van der Waals surface area contributed by atoms with Crippen LogP contribution in [0.3, 0.4) is 0 Å². The molecule has 0 amide bonds. The van der Waals surface area contributed by atoms with Gasteiger partial charge in [0, 0.05) is 11.1 Å². The number of nitrogens with two attached hydrogens (primary N) is 1. The van der Waals surface area contributed by atoms with Gasteiger partial charge in [-0.3, -0.25) is 0 Å². The molecular formula is C18H20ClNO. The molecule has 1 heterocycles.